The van der Waals surface area contributed by atoms with E-state index >= 15 is 0 Å². The molecule has 7 nitrogen and oxygen atoms in total. The van der Waals surface area contributed by atoms with Crippen molar-refractivity contribution in [3.05, 3.63) is 48.3 Å². The molecule has 0 saturated heterocycles. The van der Waals surface area contributed by atoms with Crippen LogP contribution in [0.5, 0.6) is 0 Å². The summed E-state index contributed by atoms with van der Waals surface area (Å²) >= 11 is 0. The third-order valence-corrected chi connectivity index (χ3v) is 4.71. The molecule has 8 heteroatoms. The Balaban J connectivity index is 2.59. The minimum Gasteiger partial charge on any atom is -0.478 e. The second-order valence-corrected chi connectivity index (χ2v) is 6.18. The molecule has 110 valence electrons. The van der Waals surface area contributed by atoms with Gasteiger partial charge in [-0.05, 0) is 30.3 Å². The second-order valence-electron chi connectivity index (χ2n) is 4.24. The van der Waals surface area contributed by atoms with E-state index in [0.717, 1.165) is 10.4 Å². The van der Waals surface area contributed by atoms with Gasteiger partial charge in [-0.2, -0.15) is 0 Å². The highest BCUT2D eigenvalue weighted by Gasteiger charge is 2.27. The van der Waals surface area contributed by atoms with E-state index in [1.54, 1.807) is 12.1 Å². The average Bonchev–Trinajstić information content (AvgIpc) is 2.47. The minimum absolute atomic E-state index is 0.165. The molecule has 0 amide bonds. The van der Waals surface area contributed by atoms with Crippen LogP contribution in [-0.2, 0) is 10.0 Å². The van der Waals surface area contributed by atoms with E-state index in [4.69, 9.17) is 10.8 Å². The third kappa shape index (κ3) is 2.79. The van der Waals surface area contributed by atoms with Crippen LogP contribution in [0.3, 0.4) is 0 Å². The summed E-state index contributed by atoms with van der Waals surface area (Å²) in [4.78, 5) is 14.7. The zero-order valence-corrected chi connectivity index (χ0v) is 11.9. The Bertz CT molecular complexity index is 775. The maximum Gasteiger partial charge on any atom is 0.337 e. The van der Waals surface area contributed by atoms with Gasteiger partial charge in [-0.3, -0.25) is 9.29 Å². The molecule has 1 aromatic carbocycles. The minimum atomic E-state index is -4.06. The molecule has 0 saturated carbocycles. The molecule has 21 heavy (non-hydrogen) atoms. The molecule has 0 aliphatic heterocycles. The zero-order valence-electron chi connectivity index (χ0n) is 11.1. The summed E-state index contributed by atoms with van der Waals surface area (Å²) in [5.41, 5.74) is 5.72. The first-order chi connectivity index (χ1) is 9.84. The maximum absolute atomic E-state index is 12.6. The molecular formula is C13H13N3O4S. The number of hydrogen-bond acceptors (Lipinski definition) is 5. The van der Waals surface area contributed by atoms with Gasteiger partial charge in [0.2, 0.25) is 0 Å². The molecule has 0 aliphatic carbocycles. The van der Waals surface area contributed by atoms with Crippen molar-refractivity contribution in [1.29, 1.82) is 0 Å². The lowest BCUT2D eigenvalue weighted by Gasteiger charge is -2.20. The number of carbonyl (C=O) groups is 1. The summed E-state index contributed by atoms with van der Waals surface area (Å²) in [5.74, 6) is -1.34. The molecule has 2 rings (SSSR count). The molecule has 0 radical (unpaired) electrons. The Labute approximate surface area is 121 Å². The quantitative estimate of drug-likeness (QED) is 0.820. The van der Waals surface area contributed by atoms with Crippen LogP contribution in [-0.4, -0.2) is 31.5 Å². The molecule has 0 atom stereocenters. The van der Waals surface area contributed by atoms with E-state index in [9.17, 15) is 13.2 Å². The SMILES string of the molecule is CN(c1cccnc1)S(=O)(=O)c1cc(N)ccc1C(=O)O. The summed E-state index contributed by atoms with van der Waals surface area (Å²) in [6.45, 7) is 0. The first kappa shape index (κ1) is 14.8. The van der Waals surface area contributed by atoms with Crippen LogP contribution in [0.4, 0.5) is 11.4 Å². The number of aromatic nitrogens is 1. The lowest BCUT2D eigenvalue weighted by atomic mass is 10.2. The van der Waals surface area contributed by atoms with Crippen molar-refractivity contribution in [3.8, 4) is 0 Å². The van der Waals surface area contributed by atoms with Crippen molar-refractivity contribution in [2.75, 3.05) is 17.1 Å². The first-order valence-electron chi connectivity index (χ1n) is 5.86. The van der Waals surface area contributed by atoms with Crippen molar-refractivity contribution in [2.45, 2.75) is 4.90 Å². The fraction of sp³-hybridized carbons (Fsp3) is 0.0769. The number of pyridine rings is 1. The molecule has 2 aromatic rings. The number of nitrogen functional groups attached to an aromatic ring is 1. The first-order valence-corrected chi connectivity index (χ1v) is 7.30. The number of hydrogen-bond donors (Lipinski definition) is 2. The molecule has 0 spiro atoms. The standard InChI is InChI=1S/C13H13N3O4S/c1-16(10-3-2-6-15-8-10)21(19,20)12-7-9(14)4-5-11(12)13(17)18/h2-8H,14H2,1H3,(H,17,18). The second kappa shape index (κ2) is 5.41. The number of aromatic carboxylic acids is 1. The van der Waals surface area contributed by atoms with Crippen molar-refractivity contribution in [2.24, 2.45) is 0 Å². The number of carboxylic acids is 1. The number of carboxylic acid groups (broad SMARTS) is 1. The Hall–Kier alpha value is -2.61. The van der Waals surface area contributed by atoms with E-state index in [1.807, 2.05) is 0 Å². The highest BCUT2D eigenvalue weighted by atomic mass is 32.2. The predicted octanol–water partition coefficient (Wildman–Crippen LogP) is 1.19. The topological polar surface area (TPSA) is 114 Å². The van der Waals surface area contributed by atoms with Gasteiger partial charge in [0.1, 0.15) is 4.90 Å². The number of anilines is 2. The lowest BCUT2D eigenvalue weighted by molar-refractivity contribution is 0.0692. The van der Waals surface area contributed by atoms with E-state index in [1.165, 1.54) is 31.6 Å². The Morgan fingerprint density at radius 2 is 2.05 bits per heavy atom. The van der Waals surface area contributed by atoms with Crippen molar-refractivity contribution in [1.82, 2.24) is 4.98 Å². The Morgan fingerprint density at radius 3 is 2.62 bits per heavy atom. The molecule has 0 aliphatic rings. The van der Waals surface area contributed by atoms with Crippen molar-refractivity contribution < 1.29 is 18.3 Å². The third-order valence-electron chi connectivity index (χ3n) is 2.88. The van der Waals surface area contributed by atoms with Crippen LogP contribution in [0.25, 0.3) is 0 Å². The van der Waals surface area contributed by atoms with Gasteiger partial charge in [0, 0.05) is 18.9 Å². The fourth-order valence-electron chi connectivity index (χ4n) is 1.76. The largest absolute Gasteiger partial charge is 0.478 e. The van der Waals surface area contributed by atoms with Crippen LogP contribution in [0, 0.1) is 0 Å². The number of benzene rings is 1. The Morgan fingerprint density at radius 1 is 1.33 bits per heavy atom. The summed E-state index contributed by atoms with van der Waals surface area (Å²) in [6, 6.07) is 6.77. The van der Waals surface area contributed by atoms with Gasteiger partial charge in [-0.1, -0.05) is 0 Å². The molecule has 0 unspecified atom stereocenters. The summed E-state index contributed by atoms with van der Waals surface area (Å²) in [5, 5.41) is 9.14. The summed E-state index contributed by atoms with van der Waals surface area (Å²) < 4.78 is 26.1. The number of sulfonamides is 1. The normalized spacial score (nSPS) is 11.1. The van der Waals surface area contributed by atoms with Crippen LogP contribution in [0.15, 0.2) is 47.6 Å². The number of rotatable bonds is 4. The highest BCUT2D eigenvalue weighted by molar-refractivity contribution is 7.92. The van der Waals surface area contributed by atoms with Crippen molar-refractivity contribution in [3.63, 3.8) is 0 Å². The van der Waals surface area contributed by atoms with E-state index in [-0.39, 0.29) is 16.1 Å². The van der Waals surface area contributed by atoms with Gasteiger partial charge in [0.05, 0.1) is 17.4 Å². The Kier molecular flexibility index (Phi) is 3.81. The lowest BCUT2D eigenvalue weighted by Crippen LogP contribution is -2.28. The molecule has 0 bridgehead atoms. The predicted molar refractivity (Wildman–Crippen MR) is 77.6 cm³/mol. The van der Waals surface area contributed by atoms with Crippen molar-refractivity contribution >= 4 is 27.4 Å². The van der Waals surface area contributed by atoms with Crippen LogP contribution in [0.1, 0.15) is 10.4 Å². The molecule has 0 fully saturated rings. The zero-order chi connectivity index (χ0) is 15.6. The molecule has 1 aromatic heterocycles. The van der Waals surface area contributed by atoms with E-state index in [0.29, 0.717) is 5.69 Å². The summed E-state index contributed by atoms with van der Waals surface area (Å²) in [7, 11) is -2.74. The number of nitrogens with zero attached hydrogens (tertiary/aromatic N) is 2. The van der Waals surface area contributed by atoms with Gasteiger partial charge in [-0.15, -0.1) is 0 Å². The maximum atomic E-state index is 12.6. The van der Waals surface area contributed by atoms with Crippen LogP contribution < -0.4 is 10.0 Å². The van der Waals surface area contributed by atoms with E-state index in [2.05, 4.69) is 4.98 Å². The smallest absolute Gasteiger partial charge is 0.337 e. The van der Waals surface area contributed by atoms with Gasteiger partial charge in [-0.25, -0.2) is 13.2 Å². The van der Waals surface area contributed by atoms with Gasteiger partial charge in [0.25, 0.3) is 10.0 Å². The molecule has 1 heterocycles. The van der Waals surface area contributed by atoms with Crippen LogP contribution >= 0.6 is 0 Å². The van der Waals surface area contributed by atoms with Crippen LogP contribution in [0.2, 0.25) is 0 Å². The van der Waals surface area contributed by atoms with Gasteiger partial charge in [0.15, 0.2) is 0 Å². The molecule has 3 N–H and O–H groups in total. The van der Waals surface area contributed by atoms with E-state index < -0.39 is 16.0 Å². The average molecular weight is 307 g/mol. The molecular weight excluding hydrogens is 294 g/mol. The van der Waals surface area contributed by atoms with Gasteiger partial charge < -0.3 is 10.8 Å². The number of nitrogens with two attached hydrogens (primary N) is 1. The highest BCUT2D eigenvalue weighted by Crippen LogP contribution is 2.25. The monoisotopic (exact) mass is 307 g/mol. The summed E-state index contributed by atoms with van der Waals surface area (Å²) in [6.07, 6.45) is 2.87. The van der Waals surface area contributed by atoms with Gasteiger partial charge >= 0.3 is 5.97 Å². The fourth-order valence-corrected chi connectivity index (χ4v) is 3.15.